The largest absolute Gasteiger partial charge is 0.337 e. The highest BCUT2D eigenvalue weighted by atomic mass is 35.5. The van der Waals surface area contributed by atoms with E-state index in [2.05, 4.69) is 4.98 Å². The normalized spacial score (nSPS) is 10.9. The molecule has 0 radical (unpaired) electrons. The second-order valence-electron chi connectivity index (χ2n) is 6.02. The van der Waals surface area contributed by atoms with Crippen molar-refractivity contribution in [2.75, 3.05) is 7.05 Å². The van der Waals surface area contributed by atoms with Crippen LogP contribution in [0.5, 0.6) is 0 Å². The van der Waals surface area contributed by atoms with E-state index in [0.29, 0.717) is 34.7 Å². The van der Waals surface area contributed by atoms with Gasteiger partial charge in [0.25, 0.3) is 5.91 Å². The van der Waals surface area contributed by atoms with Gasteiger partial charge in [-0.25, -0.2) is 0 Å². The van der Waals surface area contributed by atoms with Crippen LogP contribution in [0.1, 0.15) is 22.8 Å². The minimum Gasteiger partial charge on any atom is -0.337 e. The van der Waals surface area contributed by atoms with Crippen molar-refractivity contribution >= 4 is 28.5 Å². The Morgan fingerprint density at radius 1 is 1.15 bits per heavy atom. The maximum Gasteiger partial charge on any atom is 0.316 e. The van der Waals surface area contributed by atoms with Gasteiger partial charge < -0.3 is 14.5 Å². The molecule has 0 spiro atoms. The lowest BCUT2D eigenvalue weighted by molar-refractivity contribution is 0.0785. The van der Waals surface area contributed by atoms with Crippen LogP contribution < -0.4 is 11.1 Å². The molecule has 3 rings (SSSR count). The van der Waals surface area contributed by atoms with Crippen molar-refractivity contribution < 1.29 is 4.79 Å². The summed E-state index contributed by atoms with van der Waals surface area (Å²) in [6.45, 7) is 2.60. The van der Waals surface area contributed by atoms with E-state index >= 15 is 0 Å². The number of H-pyrrole nitrogens is 1. The summed E-state index contributed by atoms with van der Waals surface area (Å²) in [4.78, 5) is 40.5. The van der Waals surface area contributed by atoms with E-state index in [1.807, 2.05) is 12.1 Å². The van der Waals surface area contributed by atoms with Crippen molar-refractivity contribution in [3.63, 3.8) is 0 Å². The highest BCUT2D eigenvalue weighted by Crippen LogP contribution is 2.15. The number of nitrogens with zero attached hydrogens (tertiary/aromatic N) is 2. The second kappa shape index (κ2) is 7.17. The quantitative estimate of drug-likeness (QED) is 0.716. The van der Waals surface area contributed by atoms with E-state index < -0.39 is 11.1 Å². The first-order chi connectivity index (χ1) is 12.4. The van der Waals surface area contributed by atoms with Gasteiger partial charge in [-0.05, 0) is 42.8 Å². The summed E-state index contributed by atoms with van der Waals surface area (Å²) in [5.41, 5.74) is 1.15. The third-order valence-electron chi connectivity index (χ3n) is 4.22. The van der Waals surface area contributed by atoms with Crippen molar-refractivity contribution in [2.45, 2.75) is 20.0 Å². The Morgan fingerprint density at radius 3 is 2.50 bits per heavy atom. The Labute approximate surface area is 154 Å². The third-order valence-corrected chi connectivity index (χ3v) is 4.47. The predicted molar refractivity (Wildman–Crippen MR) is 102 cm³/mol. The first-order valence-electron chi connectivity index (χ1n) is 8.17. The number of carbonyl (C=O) groups is 1. The lowest BCUT2D eigenvalue weighted by atomic mass is 10.1. The zero-order chi connectivity index (χ0) is 18.8. The molecule has 0 aliphatic heterocycles. The molecule has 134 valence electrons. The summed E-state index contributed by atoms with van der Waals surface area (Å²) >= 11 is 5.88. The van der Waals surface area contributed by atoms with Gasteiger partial charge in [-0.2, -0.15) is 0 Å². The van der Waals surface area contributed by atoms with Crippen LogP contribution in [0, 0.1) is 0 Å². The van der Waals surface area contributed by atoms with Crippen molar-refractivity contribution in [1.82, 2.24) is 14.5 Å². The number of aromatic amines is 1. The molecule has 1 aromatic heterocycles. The summed E-state index contributed by atoms with van der Waals surface area (Å²) in [5, 5.41) is 0.642. The van der Waals surface area contributed by atoms with Gasteiger partial charge in [-0.1, -0.05) is 23.7 Å². The molecule has 7 heteroatoms. The molecule has 1 heterocycles. The molecule has 1 N–H and O–H groups in total. The minimum atomic E-state index is -0.696. The van der Waals surface area contributed by atoms with Crippen LogP contribution in [0.4, 0.5) is 0 Å². The van der Waals surface area contributed by atoms with Crippen LogP contribution in [0.15, 0.2) is 52.1 Å². The fourth-order valence-electron chi connectivity index (χ4n) is 2.88. The zero-order valence-electron chi connectivity index (χ0n) is 14.5. The maximum absolute atomic E-state index is 12.7. The number of halogens is 1. The van der Waals surface area contributed by atoms with Gasteiger partial charge in [0.2, 0.25) is 0 Å². The molecule has 0 saturated carbocycles. The van der Waals surface area contributed by atoms with Crippen molar-refractivity contribution in [2.24, 2.45) is 0 Å². The number of rotatable bonds is 4. The monoisotopic (exact) mass is 371 g/mol. The van der Waals surface area contributed by atoms with Crippen LogP contribution in [0.25, 0.3) is 11.0 Å². The molecule has 0 aliphatic rings. The molecule has 26 heavy (non-hydrogen) atoms. The van der Waals surface area contributed by atoms with E-state index in [0.717, 1.165) is 5.56 Å². The van der Waals surface area contributed by atoms with E-state index in [1.165, 1.54) is 4.57 Å². The van der Waals surface area contributed by atoms with Crippen LogP contribution in [-0.4, -0.2) is 27.4 Å². The Morgan fingerprint density at radius 2 is 1.85 bits per heavy atom. The lowest BCUT2D eigenvalue weighted by Gasteiger charge is -2.18. The highest BCUT2D eigenvalue weighted by molar-refractivity contribution is 6.30. The number of hydrogen-bond acceptors (Lipinski definition) is 3. The Kier molecular flexibility index (Phi) is 4.95. The number of nitrogens with one attached hydrogen (secondary N) is 1. The number of carbonyl (C=O) groups excluding carboxylic acids is 1. The third kappa shape index (κ3) is 3.41. The number of aromatic nitrogens is 2. The molecule has 0 fully saturated rings. The van der Waals surface area contributed by atoms with Crippen LogP contribution in [-0.2, 0) is 13.1 Å². The molecule has 0 unspecified atom stereocenters. The van der Waals surface area contributed by atoms with Crippen LogP contribution in [0.3, 0.4) is 0 Å². The molecule has 0 bridgehead atoms. The summed E-state index contributed by atoms with van der Waals surface area (Å²) in [6, 6.07) is 12.2. The minimum absolute atomic E-state index is 0.183. The molecule has 3 aromatic rings. The standard InChI is InChI=1S/C19H18ClN3O3/c1-3-23-16-9-6-13(10-15(16)21-17(24)19(23)26)18(25)22(2)11-12-4-7-14(20)8-5-12/h4-10H,3,11H2,1-2H3,(H,21,24). The summed E-state index contributed by atoms with van der Waals surface area (Å²) in [5.74, 6) is -0.183. The maximum atomic E-state index is 12.7. The lowest BCUT2D eigenvalue weighted by Crippen LogP contribution is -2.36. The predicted octanol–water partition coefficient (Wildman–Crippen LogP) is 2.64. The van der Waals surface area contributed by atoms with Gasteiger partial charge in [0.05, 0.1) is 11.0 Å². The number of fused-ring (bicyclic) bond motifs is 1. The molecular weight excluding hydrogens is 354 g/mol. The van der Waals surface area contributed by atoms with E-state index in [4.69, 9.17) is 11.6 Å². The van der Waals surface area contributed by atoms with Crippen molar-refractivity contribution in [1.29, 1.82) is 0 Å². The second-order valence-corrected chi connectivity index (χ2v) is 6.46. The number of amides is 1. The van der Waals surface area contributed by atoms with Gasteiger partial charge in [0.15, 0.2) is 0 Å². The van der Waals surface area contributed by atoms with Gasteiger partial charge in [0, 0.05) is 30.7 Å². The Hall–Kier alpha value is -2.86. The van der Waals surface area contributed by atoms with Crippen LogP contribution in [0.2, 0.25) is 5.02 Å². The molecule has 2 aromatic carbocycles. The van der Waals surface area contributed by atoms with Gasteiger partial charge in [-0.3, -0.25) is 14.4 Å². The topological polar surface area (TPSA) is 75.2 Å². The van der Waals surface area contributed by atoms with Gasteiger partial charge in [-0.15, -0.1) is 0 Å². The first-order valence-corrected chi connectivity index (χ1v) is 8.55. The summed E-state index contributed by atoms with van der Waals surface area (Å²) in [7, 11) is 1.71. The van der Waals surface area contributed by atoms with Gasteiger partial charge in [0.1, 0.15) is 0 Å². The molecule has 0 aliphatic carbocycles. The first kappa shape index (κ1) is 17.9. The van der Waals surface area contributed by atoms with Crippen LogP contribution >= 0.6 is 11.6 Å². The fraction of sp³-hybridized carbons (Fsp3) is 0.211. The molecule has 0 saturated heterocycles. The SMILES string of the molecule is CCn1c(=O)c(=O)[nH]c2cc(C(=O)N(C)Cc3ccc(Cl)cc3)ccc21. The van der Waals surface area contributed by atoms with E-state index in [-0.39, 0.29) is 5.91 Å². The molecule has 6 nitrogen and oxygen atoms in total. The van der Waals surface area contributed by atoms with Crippen molar-refractivity contribution in [3.8, 4) is 0 Å². The zero-order valence-corrected chi connectivity index (χ0v) is 15.2. The van der Waals surface area contributed by atoms with Gasteiger partial charge >= 0.3 is 11.1 Å². The Balaban J connectivity index is 1.93. The number of aryl methyl sites for hydroxylation is 1. The molecule has 1 amide bonds. The molecule has 0 atom stereocenters. The number of benzene rings is 2. The smallest absolute Gasteiger partial charge is 0.316 e. The van der Waals surface area contributed by atoms with Crippen molar-refractivity contribution in [3.05, 3.63) is 79.3 Å². The Bertz CT molecular complexity index is 1080. The number of hydrogen-bond donors (Lipinski definition) is 1. The van der Waals surface area contributed by atoms with E-state index in [9.17, 15) is 14.4 Å². The summed E-state index contributed by atoms with van der Waals surface area (Å²) in [6.07, 6.45) is 0. The summed E-state index contributed by atoms with van der Waals surface area (Å²) < 4.78 is 1.39. The average Bonchev–Trinajstić information content (AvgIpc) is 2.63. The fourth-order valence-corrected chi connectivity index (χ4v) is 3.01. The van der Waals surface area contributed by atoms with E-state index in [1.54, 1.807) is 49.2 Å². The average molecular weight is 372 g/mol. The molecular formula is C19H18ClN3O3. The highest BCUT2D eigenvalue weighted by Gasteiger charge is 2.14.